The van der Waals surface area contributed by atoms with Crippen molar-refractivity contribution in [1.82, 2.24) is 15.5 Å². The molecule has 1 aliphatic heterocycles. The first-order chi connectivity index (χ1) is 10.2. The fourth-order valence-corrected chi connectivity index (χ4v) is 3.63. The second kappa shape index (κ2) is 10.5. The summed E-state index contributed by atoms with van der Waals surface area (Å²) in [6.45, 7) is 8.55. The Labute approximate surface area is 142 Å². The highest BCUT2D eigenvalue weighted by Gasteiger charge is 2.27. The zero-order valence-electron chi connectivity index (χ0n) is 14.3. The molecule has 1 saturated carbocycles. The van der Waals surface area contributed by atoms with E-state index in [0.29, 0.717) is 6.04 Å². The van der Waals surface area contributed by atoms with Gasteiger partial charge in [-0.3, -0.25) is 9.69 Å². The van der Waals surface area contributed by atoms with Crippen LogP contribution in [0.1, 0.15) is 58.8 Å². The average molecular weight is 332 g/mol. The van der Waals surface area contributed by atoms with E-state index in [4.69, 9.17) is 0 Å². The van der Waals surface area contributed by atoms with Crippen molar-refractivity contribution in [2.45, 2.75) is 70.9 Å². The van der Waals surface area contributed by atoms with E-state index in [0.717, 1.165) is 32.1 Å². The summed E-state index contributed by atoms with van der Waals surface area (Å²) < 4.78 is 0. The van der Waals surface area contributed by atoms with Gasteiger partial charge in [0.05, 0.1) is 6.04 Å². The van der Waals surface area contributed by atoms with Gasteiger partial charge in [0.2, 0.25) is 5.91 Å². The van der Waals surface area contributed by atoms with E-state index in [-0.39, 0.29) is 24.4 Å². The molecular formula is C17H34ClN3O. The van der Waals surface area contributed by atoms with E-state index in [1.807, 2.05) is 0 Å². The van der Waals surface area contributed by atoms with Crippen LogP contribution in [0.4, 0.5) is 0 Å². The largest absolute Gasteiger partial charge is 0.352 e. The zero-order valence-corrected chi connectivity index (χ0v) is 15.1. The molecule has 2 rings (SSSR count). The number of carbonyl (C=O) groups excluding carboxylic acids is 1. The number of halogens is 1. The first kappa shape index (κ1) is 19.7. The summed E-state index contributed by atoms with van der Waals surface area (Å²) in [7, 11) is 0. The van der Waals surface area contributed by atoms with Crippen LogP contribution < -0.4 is 10.6 Å². The second-order valence-corrected chi connectivity index (χ2v) is 6.81. The fourth-order valence-electron chi connectivity index (χ4n) is 3.63. The Hall–Kier alpha value is -0.320. The van der Waals surface area contributed by atoms with Gasteiger partial charge in [0.15, 0.2) is 0 Å². The van der Waals surface area contributed by atoms with Gasteiger partial charge >= 0.3 is 0 Å². The Bertz CT molecular complexity index is 313. The van der Waals surface area contributed by atoms with Crippen LogP contribution in [0, 0.1) is 5.92 Å². The van der Waals surface area contributed by atoms with Gasteiger partial charge in [-0.1, -0.05) is 26.2 Å². The van der Waals surface area contributed by atoms with Crippen molar-refractivity contribution in [2.24, 2.45) is 5.92 Å². The summed E-state index contributed by atoms with van der Waals surface area (Å²) in [4.78, 5) is 14.8. The topological polar surface area (TPSA) is 44.4 Å². The number of nitrogens with one attached hydrogen (secondary N) is 2. The smallest absolute Gasteiger partial charge is 0.237 e. The maximum Gasteiger partial charge on any atom is 0.237 e. The lowest BCUT2D eigenvalue weighted by Gasteiger charge is -2.36. The molecule has 0 spiro atoms. The summed E-state index contributed by atoms with van der Waals surface area (Å²) in [6, 6.07) is 0.465. The fraction of sp³-hybridized carbons (Fsp3) is 0.941. The third-order valence-electron chi connectivity index (χ3n) is 5.21. The van der Waals surface area contributed by atoms with Crippen LogP contribution in [0.15, 0.2) is 0 Å². The highest BCUT2D eigenvalue weighted by molar-refractivity contribution is 5.85. The number of piperidine rings is 1. The number of nitrogens with zero attached hydrogens (tertiary/aromatic N) is 1. The minimum absolute atomic E-state index is 0. The van der Waals surface area contributed by atoms with Crippen LogP contribution in [0.3, 0.4) is 0 Å². The monoisotopic (exact) mass is 331 g/mol. The minimum atomic E-state index is 0. The van der Waals surface area contributed by atoms with Crippen molar-refractivity contribution in [3.63, 3.8) is 0 Å². The number of hydrogen-bond acceptors (Lipinski definition) is 3. The van der Waals surface area contributed by atoms with Crippen molar-refractivity contribution >= 4 is 18.3 Å². The van der Waals surface area contributed by atoms with Crippen LogP contribution in [0.2, 0.25) is 0 Å². The minimum Gasteiger partial charge on any atom is -0.352 e. The first-order valence-corrected chi connectivity index (χ1v) is 8.95. The maximum absolute atomic E-state index is 12.4. The summed E-state index contributed by atoms with van der Waals surface area (Å²) in [5.41, 5.74) is 0. The third kappa shape index (κ3) is 6.05. The van der Waals surface area contributed by atoms with Gasteiger partial charge in [0, 0.05) is 6.04 Å². The lowest BCUT2D eigenvalue weighted by atomic mass is 9.94. The first-order valence-electron chi connectivity index (χ1n) is 8.95. The summed E-state index contributed by atoms with van der Waals surface area (Å²) in [5, 5.41) is 6.71. The number of likely N-dealkylation sites (tertiary alicyclic amines) is 1. The highest BCUT2D eigenvalue weighted by atomic mass is 35.5. The molecule has 130 valence electrons. The number of amides is 1. The van der Waals surface area contributed by atoms with Gasteiger partial charge in [-0.05, 0) is 64.7 Å². The number of rotatable bonds is 6. The van der Waals surface area contributed by atoms with E-state index < -0.39 is 0 Å². The molecule has 0 bridgehead atoms. The molecule has 0 aromatic rings. The third-order valence-corrected chi connectivity index (χ3v) is 5.21. The zero-order chi connectivity index (χ0) is 15.1. The van der Waals surface area contributed by atoms with Gasteiger partial charge in [-0.15, -0.1) is 12.4 Å². The van der Waals surface area contributed by atoms with E-state index in [1.165, 1.54) is 44.9 Å². The van der Waals surface area contributed by atoms with E-state index in [2.05, 4.69) is 29.4 Å². The van der Waals surface area contributed by atoms with Crippen LogP contribution in [-0.2, 0) is 4.79 Å². The second-order valence-electron chi connectivity index (χ2n) is 6.81. The molecule has 2 aliphatic rings. The molecule has 1 amide bonds. The molecule has 1 atom stereocenters. The molecule has 0 aromatic carbocycles. The number of carbonyl (C=O) groups is 1. The molecule has 1 heterocycles. The SMILES string of the molecule is CCNCC1CCN(C(C)C(=O)NC2CCCCC2)CC1.Cl. The normalized spacial score (nSPS) is 22.8. The predicted octanol–water partition coefficient (Wildman–Crippen LogP) is 2.57. The molecule has 0 aromatic heterocycles. The molecule has 1 saturated heterocycles. The van der Waals surface area contributed by atoms with Crippen molar-refractivity contribution < 1.29 is 4.79 Å². The molecule has 2 fully saturated rings. The van der Waals surface area contributed by atoms with Crippen LogP contribution in [0.25, 0.3) is 0 Å². The highest BCUT2D eigenvalue weighted by Crippen LogP contribution is 2.20. The molecule has 22 heavy (non-hydrogen) atoms. The van der Waals surface area contributed by atoms with Crippen molar-refractivity contribution in [2.75, 3.05) is 26.2 Å². The Kier molecular flexibility index (Phi) is 9.37. The lowest BCUT2D eigenvalue weighted by molar-refractivity contribution is -0.127. The van der Waals surface area contributed by atoms with Gasteiger partial charge in [-0.2, -0.15) is 0 Å². The molecule has 4 nitrogen and oxygen atoms in total. The Balaban J connectivity index is 0.00000242. The van der Waals surface area contributed by atoms with E-state index in [1.54, 1.807) is 0 Å². The van der Waals surface area contributed by atoms with Crippen LogP contribution in [0.5, 0.6) is 0 Å². The molecule has 5 heteroatoms. The van der Waals surface area contributed by atoms with Gasteiger partial charge in [-0.25, -0.2) is 0 Å². The maximum atomic E-state index is 12.4. The molecule has 1 unspecified atom stereocenters. The number of hydrogen-bond donors (Lipinski definition) is 2. The molecule has 0 radical (unpaired) electrons. The van der Waals surface area contributed by atoms with Gasteiger partial charge in [0.25, 0.3) is 0 Å². The van der Waals surface area contributed by atoms with Crippen LogP contribution in [-0.4, -0.2) is 49.1 Å². The van der Waals surface area contributed by atoms with Crippen molar-refractivity contribution in [3.8, 4) is 0 Å². The lowest BCUT2D eigenvalue weighted by Crippen LogP contribution is -2.51. The average Bonchev–Trinajstić information content (AvgIpc) is 2.53. The quantitative estimate of drug-likeness (QED) is 0.786. The van der Waals surface area contributed by atoms with E-state index >= 15 is 0 Å². The van der Waals surface area contributed by atoms with E-state index in [9.17, 15) is 4.79 Å². The van der Waals surface area contributed by atoms with Gasteiger partial charge < -0.3 is 10.6 Å². The molecular weight excluding hydrogens is 298 g/mol. The molecule has 2 N–H and O–H groups in total. The predicted molar refractivity (Wildman–Crippen MR) is 94.6 cm³/mol. The van der Waals surface area contributed by atoms with Crippen molar-refractivity contribution in [1.29, 1.82) is 0 Å². The van der Waals surface area contributed by atoms with Crippen molar-refractivity contribution in [3.05, 3.63) is 0 Å². The summed E-state index contributed by atoms with van der Waals surface area (Å²) >= 11 is 0. The van der Waals surface area contributed by atoms with Crippen LogP contribution >= 0.6 is 12.4 Å². The summed E-state index contributed by atoms with van der Waals surface area (Å²) in [5.74, 6) is 1.03. The standard InChI is InChI=1S/C17H33N3O.ClH/c1-3-18-13-15-9-11-20(12-10-15)14(2)17(21)19-16-7-5-4-6-8-16;/h14-16,18H,3-13H2,1-2H3,(H,19,21);1H. The van der Waals surface area contributed by atoms with Gasteiger partial charge in [0.1, 0.15) is 0 Å². The Morgan fingerprint density at radius 2 is 1.77 bits per heavy atom. The Morgan fingerprint density at radius 1 is 1.14 bits per heavy atom. The Morgan fingerprint density at radius 3 is 2.36 bits per heavy atom. The molecule has 1 aliphatic carbocycles. The summed E-state index contributed by atoms with van der Waals surface area (Å²) in [6.07, 6.45) is 8.65.